The van der Waals surface area contributed by atoms with Crippen molar-refractivity contribution in [3.8, 4) is 0 Å². The van der Waals surface area contributed by atoms with Crippen molar-refractivity contribution in [3.63, 3.8) is 0 Å². The minimum atomic E-state index is 0.0541. The van der Waals surface area contributed by atoms with Crippen LogP contribution in [-0.4, -0.2) is 27.8 Å². The lowest BCUT2D eigenvalue weighted by Crippen LogP contribution is -2.36. The summed E-state index contributed by atoms with van der Waals surface area (Å²) in [7, 11) is 0. The fourth-order valence-electron chi connectivity index (χ4n) is 0.735. The first-order chi connectivity index (χ1) is 4.63. The summed E-state index contributed by atoms with van der Waals surface area (Å²) in [5, 5.41) is 22.6. The summed E-state index contributed by atoms with van der Waals surface area (Å²) in [5.74, 6) is 0. The molecule has 1 N–H and O–H groups in total. The molecule has 0 heterocycles. The minimum Gasteiger partial charge on any atom is -0.569 e. The van der Waals surface area contributed by atoms with Crippen LogP contribution in [0.5, 0.6) is 0 Å². The van der Waals surface area contributed by atoms with Crippen molar-refractivity contribution in [2.45, 2.75) is 26.8 Å². The third-order valence-electron chi connectivity index (χ3n) is 1.22. The van der Waals surface area contributed by atoms with Crippen LogP contribution < -0.4 is 0 Å². The Kier molecular flexibility index (Phi) is 3.53. The molecule has 0 aromatic heterocycles. The van der Waals surface area contributed by atoms with Crippen molar-refractivity contribution in [1.29, 1.82) is 0 Å². The Bertz CT molecular complexity index is 124. The average molecular weight is 147 g/mol. The van der Waals surface area contributed by atoms with E-state index in [2.05, 4.69) is 5.28 Å². The number of rotatable bonds is 3. The third kappa shape index (κ3) is 2.08. The zero-order chi connectivity index (χ0) is 8.15. The van der Waals surface area contributed by atoms with E-state index in [1.807, 2.05) is 20.8 Å². The molecule has 10 heavy (non-hydrogen) atoms. The lowest BCUT2D eigenvalue weighted by atomic mass is 10.4. The molecule has 5 heteroatoms. The van der Waals surface area contributed by atoms with Crippen molar-refractivity contribution >= 4 is 0 Å². The lowest BCUT2D eigenvalue weighted by molar-refractivity contribution is -0.715. The van der Waals surface area contributed by atoms with E-state index in [0.29, 0.717) is 6.54 Å². The summed E-state index contributed by atoms with van der Waals surface area (Å²) < 4.78 is 0. The van der Waals surface area contributed by atoms with Gasteiger partial charge in [-0.1, -0.05) is 0 Å². The molecule has 0 aliphatic rings. The molecule has 0 fully saturated rings. The molecule has 0 spiro atoms. The van der Waals surface area contributed by atoms with E-state index in [9.17, 15) is 5.21 Å². The molecular formula is C5H13N3O2. The molecule has 5 nitrogen and oxygen atoms in total. The van der Waals surface area contributed by atoms with E-state index < -0.39 is 0 Å². The van der Waals surface area contributed by atoms with E-state index in [-0.39, 0.29) is 11.0 Å². The Morgan fingerprint density at radius 1 is 1.70 bits per heavy atom. The molecule has 0 aromatic carbocycles. The van der Waals surface area contributed by atoms with Gasteiger partial charge in [0, 0.05) is 0 Å². The van der Waals surface area contributed by atoms with Gasteiger partial charge in [-0.15, -0.1) is 5.01 Å². The molecule has 0 aromatic rings. The van der Waals surface area contributed by atoms with E-state index in [4.69, 9.17) is 5.21 Å². The van der Waals surface area contributed by atoms with Crippen molar-refractivity contribution in [2.24, 2.45) is 5.28 Å². The van der Waals surface area contributed by atoms with Crippen LogP contribution in [0.25, 0.3) is 0 Å². The minimum absolute atomic E-state index is 0.0541. The normalized spacial score (nSPS) is 12.2. The van der Waals surface area contributed by atoms with Crippen LogP contribution in [0.3, 0.4) is 0 Å². The zero-order valence-electron chi connectivity index (χ0n) is 6.48. The van der Waals surface area contributed by atoms with Gasteiger partial charge in [0.1, 0.15) is 0 Å². The fourth-order valence-corrected chi connectivity index (χ4v) is 0.735. The second-order valence-electron chi connectivity index (χ2n) is 2.19. The summed E-state index contributed by atoms with van der Waals surface area (Å²) in [6, 6.07) is 0.0541. The molecule has 0 saturated carbocycles. The molecule has 0 radical (unpaired) electrons. The Balaban J connectivity index is 4.07. The van der Waals surface area contributed by atoms with Crippen LogP contribution in [0, 0.1) is 5.21 Å². The quantitative estimate of drug-likeness (QED) is 0.367. The topological polar surface area (TPSA) is 61.9 Å². The molecule has 0 bridgehead atoms. The summed E-state index contributed by atoms with van der Waals surface area (Å²) in [5.41, 5.74) is 0. The number of hydrazine groups is 1. The van der Waals surface area contributed by atoms with Crippen LogP contribution in [0.4, 0.5) is 0 Å². The van der Waals surface area contributed by atoms with Crippen LogP contribution in [0.1, 0.15) is 20.8 Å². The summed E-state index contributed by atoms with van der Waals surface area (Å²) in [6.45, 7) is 6.04. The highest BCUT2D eigenvalue weighted by molar-refractivity contribution is 4.46. The van der Waals surface area contributed by atoms with Gasteiger partial charge in [0.2, 0.25) is 5.28 Å². The first-order valence-corrected chi connectivity index (χ1v) is 3.22. The van der Waals surface area contributed by atoms with E-state index in [1.54, 1.807) is 0 Å². The van der Waals surface area contributed by atoms with Crippen LogP contribution in [0.2, 0.25) is 0 Å². The molecule has 0 atom stereocenters. The van der Waals surface area contributed by atoms with Gasteiger partial charge in [-0.2, -0.15) is 0 Å². The van der Waals surface area contributed by atoms with Crippen molar-refractivity contribution in [1.82, 2.24) is 5.01 Å². The summed E-state index contributed by atoms with van der Waals surface area (Å²) in [6.07, 6.45) is 0. The van der Waals surface area contributed by atoms with E-state index >= 15 is 0 Å². The van der Waals surface area contributed by atoms with E-state index in [1.165, 1.54) is 5.01 Å². The van der Waals surface area contributed by atoms with Gasteiger partial charge >= 0.3 is 0 Å². The first-order valence-electron chi connectivity index (χ1n) is 3.22. The Hall–Kier alpha value is -1.00. The maximum Gasteiger partial charge on any atom is 0.230 e. The molecule has 0 aliphatic heterocycles. The number of hydrogen-bond donors (Lipinski definition) is 1. The van der Waals surface area contributed by atoms with Gasteiger partial charge in [0.25, 0.3) is 0 Å². The Morgan fingerprint density at radius 3 is 2.30 bits per heavy atom. The highest BCUT2D eigenvalue weighted by atomic mass is 16.6. The van der Waals surface area contributed by atoms with Crippen molar-refractivity contribution in [3.05, 3.63) is 5.21 Å². The lowest BCUT2D eigenvalue weighted by Gasteiger charge is -2.18. The molecule has 0 unspecified atom stereocenters. The summed E-state index contributed by atoms with van der Waals surface area (Å²) in [4.78, 5) is 0.185. The van der Waals surface area contributed by atoms with Crippen molar-refractivity contribution in [2.75, 3.05) is 6.54 Å². The van der Waals surface area contributed by atoms with Crippen LogP contribution >= 0.6 is 0 Å². The number of nitrogens with zero attached hydrogens (tertiary/aromatic N) is 3. The summed E-state index contributed by atoms with van der Waals surface area (Å²) >= 11 is 0. The van der Waals surface area contributed by atoms with Gasteiger partial charge in [-0.3, -0.25) is 0 Å². The average Bonchev–Trinajstić information content (AvgIpc) is 1.88. The van der Waals surface area contributed by atoms with Gasteiger partial charge in [0.05, 0.1) is 17.6 Å². The SMILES string of the molecule is CCN(C(C)C)/[N+]([O-])=N/O. The second kappa shape index (κ2) is 3.92. The molecule has 0 aliphatic carbocycles. The zero-order valence-corrected chi connectivity index (χ0v) is 6.48. The third-order valence-corrected chi connectivity index (χ3v) is 1.22. The van der Waals surface area contributed by atoms with Crippen LogP contribution in [0.15, 0.2) is 5.28 Å². The molecule has 0 saturated heterocycles. The highest BCUT2D eigenvalue weighted by Crippen LogP contribution is 1.96. The Labute approximate surface area is 60.1 Å². The number of hydrogen-bond acceptors (Lipinski definition) is 2. The maximum absolute atomic E-state index is 10.6. The monoisotopic (exact) mass is 147 g/mol. The second-order valence-corrected chi connectivity index (χ2v) is 2.19. The Morgan fingerprint density at radius 2 is 2.20 bits per heavy atom. The highest BCUT2D eigenvalue weighted by Gasteiger charge is 2.13. The van der Waals surface area contributed by atoms with Gasteiger partial charge in [-0.25, -0.2) is 0 Å². The van der Waals surface area contributed by atoms with Crippen molar-refractivity contribution < 1.29 is 10.2 Å². The largest absolute Gasteiger partial charge is 0.569 e. The smallest absolute Gasteiger partial charge is 0.230 e. The predicted molar refractivity (Wildman–Crippen MR) is 35.4 cm³/mol. The van der Waals surface area contributed by atoms with Gasteiger partial charge in [0.15, 0.2) is 0 Å². The maximum atomic E-state index is 10.6. The molecule has 0 rings (SSSR count). The predicted octanol–water partition coefficient (Wildman–Crippen LogP) is 0.983. The van der Waals surface area contributed by atoms with Gasteiger partial charge in [-0.05, 0) is 20.8 Å². The molecule has 0 amide bonds. The molecular weight excluding hydrogens is 134 g/mol. The van der Waals surface area contributed by atoms with Crippen LogP contribution in [-0.2, 0) is 0 Å². The molecule has 60 valence electrons. The van der Waals surface area contributed by atoms with E-state index in [0.717, 1.165) is 0 Å². The fraction of sp³-hybridized carbons (Fsp3) is 1.00. The first kappa shape index (κ1) is 9.00. The van der Waals surface area contributed by atoms with Gasteiger partial charge < -0.3 is 10.4 Å². The standard InChI is InChI=1S/C5H13N3O2/c1-4-7(5(2)3)8(10)6-9/h5,9H,4H2,1-3H3/b8-6-.